The van der Waals surface area contributed by atoms with E-state index in [9.17, 15) is 18.5 Å². The topological polar surface area (TPSA) is 95.8 Å². The molecule has 0 atom stereocenters. The Morgan fingerprint density at radius 2 is 1.92 bits per heavy atom. The summed E-state index contributed by atoms with van der Waals surface area (Å²) in [6.45, 7) is 6.77. The SMILES string of the molecule is Cc1ccc(S(=O)(=O)NCCCN2CCN(C)CC2)cc1[N+](=O)[O-]. The Hall–Kier alpha value is -1.55. The highest BCUT2D eigenvalue weighted by molar-refractivity contribution is 7.89. The number of aryl methyl sites for hydroxylation is 1. The molecule has 0 radical (unpaired) electrons. The third kappa shape index (κ3) is 4.97. The van der Waals surface area contributed by atoms with E-state index < -0.39 is 14.9 Å². The zero-order valence-corrected chi connectivity index (χ0v) is 14.9. The van der Waals surface area contributed by atoms with Crippen LogP contribution in [0.25, 0.3) is 0 Å². The van der Waals surface area contributed by atoms with E-state index in [1.807, 2.05) is 0 Å². The molecule has 0 spiro atoms. The molecule has 1 fully saturated rings. The van der Waals surface area contributed by atoms with Gasteiger partial charge in [-0.25, -0.2) is 13.1 Å². The number of rotatable bonds is 7. The van der Waals surface area contributed by atoms with Crippen molar-refractivity contribution in [2.24, 2.45) is 0 Å². The van der Waals surface area contributed by atoms with Gasteiger partial charge in [0.2, 0.25) is 10.0 Å². The minimum atomic E-state index is -3.73. The van der Waals surface area contributed by atoms with Crippen molar-refractivity contribution in [2.75, 3.05) is 46.3 Å². The predicted octanol–water partition coefficient (Wildman–Crippen LogP) is 0.819. The Morgan fingerprint density at radius 1 is 1.25 bits per heavy atom. The first kappa shape index (κ1) is 18.8. The number of nitrogens with zero attached hydrogens (tertiary/aromatic N) is 3. The van der Waals surface area contributed by atoms with Crippen LogP contribution in [0.2, 0.25) is 0 Å². The summed E-state index contributed by atoms with van der Waals surface area (Å²) in [6.07, 6.45) is 0.705. The van der Waals surface area contributed by atoms with Crippen LogP contribution in [0.15, 0.2) is 23.1 Å². The van der Waals surface area contributed by atoms with Crippen LogP contribution in [-0.2, 0) is 10.0 Å². The van der Waals surface area contributed by atoms with Crippen LogP contribution in [0, 0.1) is 17.0 Å². The number of hydrogen-bond donors (Lipinski definition) is 1. The fourth-order valence-electron chi connectivity index (χ4n) is 2.62. The fraction of sp³-hybridized carbons (Fsp3) is 0.600. The summed E-state index contributed by atoms with van der Waals surface area (Å²) in [7, 11) is -1.64. The van der Waals surface area contributed by atoms with Crippen molar-refractivity contribution >= 4 is 15.7 Å². The highest BCUT2D eigenvalue weighted by atomic mass is 32.2. The van der Waals surface area contributed by atoms with Crippen LogP contribution in [0.3, 0.4) is 0 Å². The summed E-state index contributed by atoms with van der Waals surface area (Å²) in [5.41, 5.74) is 0.254. The Labute approximate surface area is 142 Å². The molecule has 9 heteroatoms. The largest absolute Gasteiger partial charge is 0.304 e. The highest BCUT2D eigenvalue weighted by Crippen LogP contribution is 2.21. The van der Waals surface area contributed by atoms with Crippen LogP contribution in [0.4, 0.5) is 5.69 Å². The number of nitro benzene ring substituents is 1. The van der Waals surface area contributed by atoms with Crippen molar-refractivity contribution in [2.45, 2.75) is 18.2 Å². The van der Waals surface area contributed by atoms with Gasteiger partial charge in [-0.3, -0.25) is 10.1 Å². The minimum absolute atomic E-state index is 0.0700. The molecule has 0 saturated carbocycles. The molecule has 2 rings (SSSR count). The molecule has 1 heterocycles. The summed E-state index contributed by atoms with van der Waals surface area (Å²) < 4.78 is 27.0. The van der Waals surface area contributed by atoms with Gasteiger partial charge in [0.25, 0.3) is 5.69 Å². The normalized spacial score (nSPS) is 17.1. The van der Waals surface area contributed by atoms with Crippen LogP contribution >= 0.6 is 0 Å². The maximum Gasteiger partial charge on any atom is 0.273 e. The molecule has 24 heavy (non-hydrogen) atoms. The van der Waals surface area contributed by atoms with Gasteiger partial charge in [-0.15, -0.1) is 0 Å². The summed E-state index contributed by atoms with van der Waals surface area (Å²) in [6, 6.07) is 3.96. The lowest BCUT2D eigenvalue weighted by molar-refractivity contribution is -0.385. The Bertz CT molecular complexity index is 685. The molecule has 1 aromatic carbocycles. The predicted molar refractivity (Wildman–Crippen MR) is 91.6 cm³/mol. The number of likely N-dealkylation sites (N-methyl/N-ethyl adjacent to an activating group) is 1. The van der Waals surface area contributed by atoms with Crippen molar-refractivity contribution < 1.29 is 13.3 Å². The third-order valence-corrected chi connectivity index (χ3v) is 5.69. The molecule has 1 aromatic rings. The third-order valence-electron chi connectivity index (χ3n) is 4.23. The van der Waals surface area contributed by atoms with E-state index >= 15 is 0 Å². The number of sulfonamides is 1. The van der Waals surface area contributed by atoms with Crippen molar-refractivity contribution in [1.29, 1.82) is 0 Å². The Kier molecular flexibility index (Phi) is 6.27. The molecule has 0 bridgehead atoms. The van der Waals surface area contributed by atoms with E-state index in [1.54, 1.807) is 6.92 Å². The van der Waals surface area contributed by atoms with E-state index in [4.69, 9.17) is 0 Å². The maximum atomic E-state index is 12.3. The maximum absolute atomic E-state index is 12.3. The lowest BCUT2D eigenvalue weighted by Gasteiger charge is -2.32. The zero-order valence-electron chi connectivity index (χ0n) is 14.1. The van der Waals surface area contributed by atoms with Crippen molar-refractivity contribution in [3.63, 3.8) is 0 Å². The second-order valence-electron chi connectivity index (χ2n) is 6.10. The number of benzene rings is 1. The lowest BCUT2D eigenvalue weighted by atomic mass is 10.2. The minimum Gasteiger partial charge on any atom is -0.304 e. The highest BCUT2D eigenvalue weighted by Gasteiger charge is 2.19. The average molecular weight is 356 g/mol. The molecule has 0 unspecified atom stereocenters. The molecular formula is C15H24N4O4S. The van der Waals surface area contributed by atoms with Gasteiger partial charge >= 0.3 is 0 Å². The Balaban J connectivity index is 1.87. The molecular weight excluding hydrogens is 332 g/mol. The van der Waals surface area contributed by atoms with E-state index in [0.29, 0.717) is 18.5 Å². The number of hydrogen-bond acceptors (Lipinski definition) is 6. The second-order valence-corrected chi connectivity index (χ2v) is 7.87. The first-order valence-corrected chi connectivity index (χ1v) is 9.43. The molecule has 1 N–H and O–H groups in total. The second kappa shape index (κ2) is 8.02. The van der Waals surface area contributed by atoms with Gasteiger partial charge in [-0.2, -0.15) is 0 Å². The summed E-state index contributed by atoms with van der Waals surface area (Å²) in [5, 5.41) is 10.9. The Morgan fingerprint density at radius 3 is 2.54 bits per heavy atom. The lowest BCUT2D eigenvalue weighted by Crippen LogP contribution is -2.45. The van der Waals surface area contributed by atoms with Gasteiger partial charge in [0.15, 0.2) is 0 Å². The molecule has 0 aliphatic carbocycles. The molecule has 1 saturated heterocycles. The molecule has 1 aliphatic rings. The number of piperazine rings is 1. The summed E-state index contributed by atoms with van der Waals surface area (Å²) in [5.74, 6) is 0. The summed E-state index contributed by atoms with van der Waals surface area (Å²) >= 11 is 0. The van der Waals surface area contributed by atoms with Gasteiger partial charge < -0.3 is 9.80 Å². The number of nitrogens with one attached hydrogen (secondary N) is 1. The van der Waals surface area contributed by atoms with Crippen LogP contribution in [-0.4, -0.2) is 69.5 Å². The average Bonchev–Trinajstić information content (AvgIpc) is 2.53. The molecule has 134 valence electrons. The molecule has 1 aliphatic heterocycles. The zero-order chi connectivity index (χ0) is 17.7. The standard InChI is InChI=1S/C15H24N4O4S/c1-13-4-5-14(12-15(13)19(20)21)24(22,23)16-6-3-7-18-10-8-17(2)9-11-18/h4-5,12,16H,3,6-11H2,1-2H3. The molecule has 0 aromatic heterocycles. The van der Waals surface area contributed by atoms with Crippen molar-refractivity contribution in [1.82, 2.24) is 14.5 Å². The first-order valence-electron chi connectivity index (χ1n) is 7.95. The van der Waals surface area contributed by atoms with Gasteiger partial charge in [-0.05, 0) is 33.0 Å². The first-order chi connectivity index (χ1) is 11.3. The van der Waals surface area contributed by atoms with Gasteiger partial charge in [-0.1, -0.05) is 6.07 Å². The summed E-state index contributed by atoms with van der Waals surface area (Å²) in [4.78, 5) is 14.9. The smallest absolute Gasteiger partial charge is 0.273 e. The monoisotopic (exact) mass is 356 g/mol. The molecule has 0 amide bonds. The fourth-order valence-corrected chi connectivity index (χ4v) is 3.71. The van der Waals surface area contributed by atoms with Gasteiger partial charge in [0.05, 0.1) is 9.82 Å². The van der Waals surface area contributed by atoms with Crippen LogP contribution in [0.1, 0.15) is 12.0 Å². The van der Waals surface area contributed by atoms with Gasteiger partial charge in [0, 0.05) is 44.4 Å². The van der Waals surface area contributed by atoms with E-state index in [0.717, 1.165) is 38.8 Å². The van der Waals surface area contributed by atoms with Crippen LogP contribution < -0.4 is 4.72 Å². The van der Waals surface area contributed by atoms with Gasteiger partial charge in [0.1, 0.15) is 0 Å². The van der Waals surface area contributed by atoms with E-state index in [1.165, 1.54) is 12.1 Å². The van der Waals surface area contributed by atoms with Crippen molar-refractivity contribution in [3.8, 4) is 0 Å². The van der Waals surface area contributed by atoms with Crippen LogP contribution in [0.5, 0.6) is 0 Å². The quantitative estimate of drug-likeness (QED) is 0.441. The van der Waals surface area contributed by atoms with Crippen molar-refractivity contribution in [3.05, 3.63) is 33.9 Å². The van der Waals surface area contributed by atoms with E-state index in [-0.39, 0.29) is 10.6 Å². The number of nitro groups is 1. The molecule has 8 nitrogen and oxygen atoms in total. The van der Waals surface area contributed by atoms with E-state index in [2.05, 4.69) is 21.6 Å².